The predicted molar refractivity (Wildman–Crippen MR) is 57.7 cm³/mol. The van der Waals surface area contributed by atoms with Crippen LogP contribution < -0.4 is 5.73 Å². The number of esters is 1. The highest BCUT2D eigenvalue weighted by atomic mass is 16.6. The van der Waals surface area contributed by atoms with Crippen LogP contribution in [0.15, 0.2) is 12.5 Å². The molecule has 3 N–H and O–H groups in total. The number of carbonyl (C=O) groups excluding carboxylic acids is 1. The second-order valence-electron chi connectivity index (χ2n) is 3.25. The summed E-state index contributed by atoms with van der Waals surface area (Å²) in [6.45, 7) is 3.13. The van der Waals surface area contributed by atoms with Gasteiger partial charge in [-0.1, -0.05) is 0 Å². The Morgan fingerprint density at radius 2 is 2.44 bits per heavy atom. The minimum atomic E-state index is -0.665. The maximum atomic E-state index is 11.4. The van der Waals surface area contributed by atoms with Crippen LogP contribution in [0.25, 0.3) is 0 Å². The van der Waals surface area contributed by atoms with Gasteiger partial charge in [0.2, 0.25) is 0 Å². The first-order chi connectivity index (χ1) is 7.74. The fraction of sp³-hybridized carbons (Fsp3) is 0.600. The molecule has 0 aromatic carbocycles. The molecule has 1 aromatic rings. The van der Waals surface area contributed by atoms with E-state index in [1.165, 1.54) is 0 Å². The van der Waals surface area contributed by atoms with E-state index in [2.05, 4.69) is 9.97 Å². The number of nitrogens with zero attached hydrogens (tertiary/aromatic N) is 1. The number of nitrogens with one attached hydrogen (secondary N) is 1. The highest BCUT2D eigenvalue weighted by Crippen LogP contribution is 1.98. The normalized spacial score (nSPS) is 12.4. The molecule has 6 heteroatoms. The van der Waals surface area contributed by atoms with Crippen molar-refractivity contribution in [3.8, 4) is 0 Å². The second-order valence-corrected chi connectivity index (χ2v) is 3.25. The van der Waals surface area contributed by atoms with Gasteiger partial charge in [-0.05, 0) is 6.92 Å². The number of rotatable bonds is 7. The lowest BCUT2D eigenvalue weighted by atomic mass is 10.2. The lowest BCUT2D eigenvalue weighted by Gasteiger charge is -2.10. The molecule has 0 radical (unpaired) electrons. The van der Waals surface area contributed by atoms with E-state index in [1.54, 1.807) is 12.5 Å². The molecule has 90 valence electrons. The van der Waals surface area contributed by atoms with Crippen LogP contribution >= 0.6 is 0 Å². The van der Waals surface area contributed by atoms with Crippen molar-refractivity contribution in [2.75, 3.05) is 19.8 Å². The summed E-state index contributed by atoms with van der Waals surface area (Å²) in [6, 6.07) is -0.665. The molecule has 1 aromatic heterocycles. The number of aromatic nitrogens is 2. The van der Waals surface area contributed by atoms with Gasteiger partial charge in [-0.3, -0.25) is 4.79 Å². The second kappa shape index (κ2) is 6.97. The van der Waals surface area contributed by atoms with E-state index in [1.807, 2.05) is 6.92 Å². The number of hydrogen-bond donors (Lipinski definition) is 2. The summed E-state index contributed by atoms with van der Waals surface area (Å²) in [7, 11) is 0. The van der Waals surface area contributed by atoms with Crippen molar-refractivity contribution in [2.24, 2.45) is 5.73 Å². The quantitative estimate of drug-likeness (QED) is 0.500. The Morgan fingerprint density at radius 1 is 1.62 bits per heavy atom. The molecule has 6 nitrogen and oxygen atoms in total. The van der Waals surface area contributed by atoms with Crippen molar-refractivity contribution in [3.05, 3.63) is 18.2 Å². The molecule has 1 heterocycles. The minimum absolute atomic E-state index is 0.239. The first-order valence-corrected chi connectivity index (χ1v) is 5.21. The van der Waals surface area contributed by atoms with Gasteiger partial charge >= 0.3 is 5.97 Å². The number of imidazole rings is 1. The van der Waals surface area contributed by atoms with Crippen molar-refractivity contribution in [3.63, 3.8) is 0 Å². The summed E-state index contributed by atoms with van der Waals surface area (Å²) in [5, 5.41) is 0. The predicted octanol–water partition coefficient (Wildman–Crippen LogP) is -0.141. The molecule has 0 amide bonds. The highest BCUT2D eigenvalue weighted by molar-refractivity contribution is 5.75. The number of H-pyrrole nitrogens is 1. The summed E-state index contributed by atoms with van der Waals surface area (Å²) in [5.74, 6) is -0.422. The van der Waals surface area contributed by atoms with Crippen LogP contribution in [-0.2, 0) is 20.7 Å². The third-order valence-corrected chi connectivity index (χ3v) is 1.97. The molecule has 0 unspecified atom stereocenters. The summed E-state index contributed by atoms with van der Waals surface area (Å²) >= 11 is 0. The highest BCUT2D eigenvalue weighted by Gasteiger charge is 2.15. The van der Waals surface area contributed by atoms with Gasteiger partial charge in [0, 0.05) is 24.9 Å². The van der Waals surface area contributed by atoms with Crippen LogP contribution in [0.5, 0.6) is 0 Å². The smallest absolute Gasteiger partial charge is 0.323 e. The van der Waals surface area contributed by atoms with Crippen molar-refractivity contribution >= 4 is 5.97 Å². The third-order valence-electron chi connectivity index (χ3n) is 1.97. The molecule has 0 saturated carbocycles. The molecule has 0 aliphatic rings. The van der Waals surface area contributed by atoms with Gasteiger partial charge in [0.1, 0.15) is 12.6 Å². The van der Waals surface area contributed by atoms with Crippen LogP contribution in [0.2, 0.25) is 0 Å². The molecular formula is C10H17N3O3. The van der Waals surface area contributed by atoms with Crippen LogP contribution in [0.4, 0.5) is 0 Å². The zero-order valence-corrected chi connectivity index (χ0v) is 9.31. The van der Waals surface area contributed by atoms with E-state index >= 15 is 0 Å². The average Bonchev–Trinajstić information content (AvgIpc) is 2.76. The third kappa shape index (κ3) is 4.41. The van der Waals surface area contributed by atoms with Gasteiger partial charge in [0.15, 0.2) is 0 Å². The molecule has 0 spiro atoms. The average molecular weight is 227 g/mol. The Hall–Kier alpha value is -1.40. The van der Waals surface area contributed by atoms with Crippen molar-refractivity contribution in [1.82, 2.24) is 9.97 Å². The Labute approximate surface area is 94.1 Å². The molecule has 0 fully saturated rings. The van der Waals surface area contributed by atoms with Crippen LogP contribution in [-0.4, -0.2) is 41.8 Å². The van der Waals surface area contributed by atoms with Crippen LogP contribution in [0.1, 0.15) is 12.6 Å². The van der Waals surface area contributed by atoms with E-state index in [-0.39, 0.29) is 6.61 Å². The largest absolute Gasteiger partial charge is 0.462 e. The van der Waals surface area contributed by atoms with Gasteiger partial charge in [0.05, 0.1) is 12.9 Å². The number of nitrogens with two attached hydrogens (primary N) is 1. The maximum Gasteiger partial charge on any atom is 0.323 e. The van der Waals surface area contributed by atoms with E-state index in [9.17, 15) is 4.79 Å². The van der Waals surface area contributed by atoms with E-state index in [0.717, 1.165) is 5.69 Å². The van der Waals surface area contributed by atoms with Crippen LogP contribution in [0.3, 0.4) is 0 Å². The summed E-state index contributed by atoms with van der Waals surface area (Å²) in [5.41, 5.74) is 6.47. The molecule has 1 rings (SSSR count). The molecule has 1 atom stereocenters. The molecule has 0 aliphatic carbocycles. The fourth-order valence-corrected chi connectivity index (χ4v) is 1.17. The summed E-state index contributed by atoms with van der Waals surface area (Å²) < 4.78 is 9.97. The first kappa shape index (κ1) is 12.7. The lowest BCUT2D eigenvalue weighted by Crippen LogP contribution is -2.35. The Bertz CT molecular complexity index is 300. The van der Waals surface area contributed by atoms with Gasteiger partial charge < -0.3 is 20.2 Å². The molecule has 0 bridgehead atoms. The minimum Gasteiger partial charge on any atom is -0.462 e. The standard InChI is InChI=1S/C10H17N3O3/c1-2-15-3-4-16-10(14)9(11)5-8-6-12-7-13-8/h6-7,9H,2-5,11H2,1H3,(H,12,13)/t9-/m0/s1. The molecule has 0 saturated heterocycles. The number of carbonyl (C=O) groups is 1. The summed E-state index contributed by atoms with van der Waals surface area (Å²) in [6.07, 6.45) is 3.57. The van der Waals surface area contributed by atoms with E-state index < -0.39 is 12.0 Å². The van der Waals surface area contributed by atoms with Gasteiger partial charge in [-0.15, -0.1) is 0 Å². The van der Waals surface area contributed by atoms with Crippen molar-refractivity contribution in [1.29, 1.82) is 0 Å². The molecule has 16 heavy (non-hydrogen) atoms. The maximum absolute atomic E-state index is 11.4. The molecule has 0 aliphatic heterocycles. The first-order valence-electron chi connectivity index (χ1n) is 5.21. The fourth-order valence-electron chi connectivity index (χ4n) is 1.17. The lowest BCUT2D eigenvalue weighted by molar-refractivity contribution is -0.146. The van der Waals surface area contributed by atoms with Crippen molar-refractivity contribution < 1.29 is 14.3 Å². The Kier molecular flexibility index (Phi) is 5.52. The van der Waals surface area contributed by atoms with Crippen molar-refractivity contribution in [2.45, 2.75) is 19.4 Å². The van der Waals surface area contributed by atoms with E-state index in [4.69, 9.17) is 15.2 Å². The zero-order chi connectivity index (χ0) is 11.8. The molecular weight excluding hydrogens is 210 g/mol. The summed E-state index contributed by atoms with van der Waals surface area (Å²) in [4.78, 5) is 18.1. The SMILES string of the molecule is CCOCCOC(=O)[C@@H](N)Cc1cnc[nH]1. The van der Waals surface area contributed by atoms with E-state index in [0.29, 0.717) is 19.6 Å². The van der Waals surface area contributed by atoms with Gasteiger partial charge in [0.25, 0.3) is 0 Å². The Balaban J connectivity index is 2.20. The zero-order valence-electron chi connectivity index (χ0n) is 9.31. The van der Waals surface area contributed by atoms with Gasteiger partial charge in [-0.25, -0.2) is 4.98 Å². The monoisotopic (exact) mass is 227 g/mol. The number of hydrogen-bond acceptors (Lipinski definition) is 5. The number of aromatic amines is 1. The van der Waals surface area contributed by atoms with Crippen LogP contribution in [0, 0.1) is 0 Å². The topological polar surface area (TPSA) is 90.2 Å². The Morgan fingerprint density at radius 3 is 3.06 bits per heavy atom. The van der Waals surface area contributed by atoms with Gasteiger partial charge in [-0.2, -0.15) is 0 Å². The number of ether oxygens (including phenoxy) is 2.